The number of hydrogen-bond donors (Lipinski definition) is 2. The zero-order valence-electron chi connectivity index (χ0n) is 6.62. The summed E-state index contributed by atoms with van der Waals surface area (Å²) in [5.74, 6) is 0. The minimum absolute atomic E-state index is 0.120. The normalized spacial score (nSPS) is 30.6. The van der Waals surface area contributed by atoms with E-state index in [1.807, 2.05) is 0 Å². The van der Waals surface area contributed by atoms with E-state index in [-0.39, 0.29) is 12.1 Å². The zero-order valence-corrected chi connectivity index (χ0v) is 6.62. The van der Waals surface area contributed by atoms with Crippen LogP contribution in [0.15, 0.2) is 12.7 Å². The van der Waals surface area contributed by atoms with Crippen molar-refractivity contribution in [2.45, 2.75) is 31.4 Å². The van der Waals surface area contributed by atoms with E-state index >= 15 is 0 Å². The van der Waals surface area contributed by atoms with Crippen LogP contribution >= 0.6 is 0 Å². The first-order valence-corrected chi connectivity index (χ1v) is 4.01. The van der Waals surface area contributed by atoms with Gasteiger partial charge in [-0.1, -0.05) is 6.08 Å². The summed E-state index contributed by atoms with van der Waals surface area (Å²) < 4.78 is 0. The highest BCUT2D eigenvalue weighted by Crippen LogP contribution is 2.18. The van der Waals surface area contributed by atoms with Gasteiger partial charge in [0.2, 0.25) is 0 Å². The summed E-state index contributed by atoms with van der Waals surface area (Å²) in [5.41, 5.74) is 2.81. The fourth-order valence-electron chi connectivity index (χ4n) is 1.29. The Bertz CT molecular complexity index is 127. The van der Waals surface area contributed by atoms with Crippen molar-refractivity contribution in [2.24, 2.45) is 0 Å². The molecule has 1 saturated carbocycles. The Morgan fingerprint density at radius 1 is 1.64 bits per heavy atom. The van der Waals surface area contributed by atoms with Gasteiger partial charge in [-0.05, 0) is 19.3 Å². The van der Waals surface area contributed by atoms with Crippen LogP contribution in [-0.4, -0.2) is 23.9 Å². The summed E-state index contributed by atoms with van der Waals surface area (Å²) >= 11 is 0. The van der Waals surface area contributed by atoms with E-state index in [4.69, 9.17) is 4.84 Å². The first-order chi connectivity index (χ1) is 5.34. The van der Waals surface area contributed by atoms with Crippen LogP contribution in [0.2, 0.25) is 0 Å². The molecule has 0 saturated heterocycles. The average Bonchev–Trinajstić information content (AvgIpc) is 2.37. The summed E-state index contributed by atoms with van der Waals surface area (Å²) in [5, 5.41) is 9.32. The molecule has 0 radical (unpaired) electrons. The highest BCUT2D eigenvalue weighted by molar-refractivity contribution is 4.80. The molecule has 0 aromatic heterocycles. The molecular weight excluding hydrogens is 142 g/mol. The van der Waals surface area contributed by atoms with Crippen LogP contribution in [0, 0.1) is 0 Å². The maximum absolute atomic E-state index is 9.32. The Labute approximate surface area is 67.0 Å². The number of aliphatic hydroxyl groups is 1. The number of aliphatic hydroxyl groups excluding tert-OH is 1. The molecule has 1 aliphatic carbocycles. The van der Waals surface area contributed by atoms with Crippen molar-refractivity contribution in [3.8, 4) is 0 Å². The summed E-state index contributed by atoms with van der Waals surface area (Å²) in [6.07, 6.45) is 4.40. The lowest BCUT2D eigenvalue weighted by Gasteiger charge is -2.14. The fraction of sp³-hybridized carbons (Fsp3) is 0.750. The van der Waals surface area contributed by atoms with E-state index in [9.17, 15) is 5.11 Å². The zero-order chi connectivity index (χ0) is 8.10. The summed E-state index contributed by atoms with van der Waals surface area (Å²) in [4.78, 5) is 5.01. The molecule has 2 N–H and O–H groups in total. The summed E-state index contributed by atoms with van der Waals surface area (Å²) in [6.45, 7) is 4.01. The molecule has 3 heteroatoms. The molecule has 0 aromatic carbocycles. The largest absolute Gasteiger partial charge is 0.391 e. The Morgan fingerprint density at radius 2 is 2.45 bits per heavy atom. The molecular formula is C8H15NO2. The predicted molar refractivity (Wildman–Crippen MR) is 42.9 cm³/mol. The molecule has 0 unspecified atom stereocenters. The SMILES string of the molecule is C=CCON[C@H]1CCC[C@@H]1O. The van der Waals surface area contributed by atoms with Crippen LogP contribution in [0.3, 0.4) is 0 Å². The van der Waals surface area contributed by atoms with Gasteiger partial charge >= 0.3 is 0 Å². The molecule has 64 valence electrons. The lowest BCUT2D eigenvalue weighted by Crippen LogP contribution is -2.35. The van der Waals surface area contributed by atoms with Gasteiger partial charge in [0.05, 0.1) is 18.8 Å². The number of nitrogens with one attached hydrogen (secondary N) is 1. The van der Waals surface area contributed by atoms with E-state index < -0.39 is 0 Å². The molecule has 0 spiro atoms. The molecule has 0 bridgehead atoms. The van der Waals surface area contributed by atoms with Gasteiger partial charge in [-0.25, -0.2) is 0 Å². The molecule has 1 fully saturated rings. The monoisotopic (exact) mass is 157 g/mol. The summed E-state index contributed by atoms with van der Waals surface area (Å²) in [6, 6.07) is 0.120. The lowest BCUT2D eigenvalue weighted by atomic mass is 10.2. The highest BCUT2D eigenvalue weighted by atomic mass is 16.6. The topological polar surface area (TPSA) is 41.5 Å². The Hall–Kier alpha value is -0.380. The minimum atomic E-state index is -0.236. The van der Waals surface area contributed by atoms with Gasteiger partial charge in [-0.3, -0.25) is 4.84 Å². The quantitative estimate of drug-likeness (QED) is 0.357. The van der Waals surface area contributed by atoms with Crippen molar-refractivity contribution >= 4 is 0 Å². The van der Waals surface area contributed by atoms with Crippen LogP contribution in [0.4, 0.5) is 0 Å². The van der Waals surface area contributed by atoms with E-state index in [1.165, 1.54) is 0 Å². The number of rotatable bonds is 4. The molecule has 0 heterocycles. The number of hydroxylamine groups is 1. The standard InChI is InChI=1S/C8H15NO2/c1-2-6-11-9-7-4-3-5-8(7)10/h2,7-10H,1,3-6H2/t7-,8-/m0/s1. The van der Waals surface area contributed by atoms with Crippen molar-refractivity contribution in [2.75, 3.05) is 6.61 Å². The van der Waals surface area contributed by atoms with E-state index in [1.54, 1.807) is 6.08 Å². The Morgan fingerprint density at radius 3 is 3.00 bits per heavy atom. The molecule has 2 atom stereocenters. The average molecular weight is 157 g/mol. The van der Waals surface area contributed by atoms with Crippen LogP contribution in [-0.2, 0) is 4.84 Å². The number of hydrogen-bond acceptors (Lipinski definition) is 3. The molecule has 0 amide bonds. The first-order valence-electron chi connectivity index (χ1n) is 4.01. The summed E-state index contributed by atoms with van der Waals surface area (Å²) in [7, 11) is 0. The third kappa shape index (κ3) is 2.61. The first kappa shape index (κ1) is 8.71. The maximum atomic E-state index is 9.32. The highest BCUT2D eigenvalue weighted by Gasteiger charge is 2.24. The molecule has 1 rings (SSSR count). The van der Waals surface area contributed by atoms with Crippen molar-refractivity contribution in [3.05, 3.63) is 12.7 Å². The van der Waals surface area contributed by atoms with Gasteiger partial charge < -0.3 is 5.11 Å². The van der Waals surface area contributed by atoms with Crippen molar-refractivity contribution in [1.29, 1.82) is 0 Å². The third-order valence-electron chi connectivity index (χ3n) is 1.92. The predicted octanol–water partition coefficient (Wildman–Crippen LogP) is 0.607. The smallest absolute Gasteiger partial charge is 0.0861 e. The van der Waals surface area contributed by atoms with Gasteiger partial charge in [0, 0.05) is 0 Å². The van der Waals surface area contributed by atoms with Gasteiger partial charge in [0.15, 0.2) is 0 Å². The van der Waals surface area contributed by atoms with Crippen LogP contribution in [0.1, 0.15) is 19.3 Å². The van der Waals surface area contributed by atoms with Crippen LogP contribution in [0.25, 0.3) is 0 Å². The lowest BCUT2D eigenvalue weighted by molar-refractivity contribution is 0.00109. The maximum Gasteiger partial charge on any atom is 0.0861 e. The minimum Gasteiger partial charge on any atom is -0.391 e. The molecule has 0 aromatic rings. The van der Waals surface area contributed by atoms with Crippen LogP contribution < -0.4 is 5.48 Å². The van der Waals surface area contributed by atoms with Gasteiger partial charge in [-0.15, -0.1) is 6.58 Å². The van der Waals surface area contributed by atoms with E-state index in [0.717, 1.165) is 19.3 Å². The van der Waals surface area contributed by atoms with Crippen molar-refractivity contribution in [3.63, 3.8) is 0 Å². The fourth-order valence-corrected chi connectivity index (χ4v) is 1.29. The molecule has 0 aliphatic heterocycles. The molecule has 1 aliphatic rings. The van der Waals surface area contributed by atoms with Crippen LogP contribution in [0.5, 0.6) is 0 Å². The van der Waals surface area contributed by atoms with Gasteiger partial charge in [0.25, 0.3) is 0 Å². The molecule has 11 heavy (non-hydrogen) atoms. The Balaban J connectivity index is 2.10. The van der Waals surface area contributed by atoms with Crippen molar-refractivity contribution in [1.82, 2.24) is 5.48 Å². The van der Waals surface area contributed by atoms with Gasteiger partial charge in [-0.2, -0.15) is 5.48 Å². The Kier molecular flexibility index (Phi) is 3.56. The third-order valence-corrected chi connectivity index (χ3v) is 1.92. The van der Waals surface area contributed by atoms with E-state index in [0.29, 0.717) is 6.61 Å². The second-order valence-corrected chi connectivity index (χ2v) is 2.82. The van der Waals surface area contributed by atoms with Crippen molar-refractivity contribution < 1.29 is 9.94 Å². The second-order valence-electron chi connectivity index (χ2n) is 2.82. The van der Waals surface area contributed by atoms with Gasteiger partial charge in [0.1, 0.15) is 0 Å². The second kappa shape index (κ2) is 4.49. The molecule has 3 nitrogen and oxygen atoms in total. The van der Waals surface area contributed by atoms with E-state index in [2.05, 4.69) is 12.1 Å².